The number of halogens is 2. The Morgan fingerprint density at radius 2 is 1.86 bits per heavy atom. The molecule has 22 heavy (non-hydrogen) atoms. The lowest BCUT2D eigenvalue weighted by Gasteiger charge is -2.05. The molecule has 3 nitrogen and oxygen atoms in total. The zero-order valence-corrected chi connectivity index (χ0v) is 12.3. The summed E-state index contributed by atoms with van der Waals surface area (Å²) in [5.41, 5.74) is 1.13. The summed E-state index contributed by atoms with van der Waals surface area (Å²) in [5, 5.41) is 11.4. The quantitative estimate of drug-likeness (QED) is 0.849. The Hall–Kier alpha value is -2.39. The Balaban J connectivity index is 1.80. The van der Waals surface area contributed by atoms with Crippen molar-refractivity contribution in [2.24, 2.45) is 0 Å². The number of anilines is 1. The van der Waals surface area contributed by atoms with E-state index in [-0.39, 0.29) is 12.3 Å². The fourth-order valence-corrected chi connectivity index (χ4v) is 2.55. The number of nitriles is 1. The van der Waals surface area contributed by atoms with E-state index in [1.165, 1.54) is 17.8 Å². The number of amides is 1. The smallest absolute Gasteiger partial charge is 0.225 e. The molecule has 0 radical (unpaired) electrons. The molecule has 0 atom stereocenters. The van der Waals surface area contributed by atoms with Crippen LogP contribution in [0, 0.1) is 23.0 Å². The van der Waals surface area contributed by atoms with Gasteiger partial charge in [0.25, 0.3) is 0 Å². The van der Waals surface area contributed by atoms with Gasteiger partial charge in [0.05, 0.1) is 11.6 Å². The second-order valence-electron chi connectivity index (χ2n) is 4.41. The van der Waals surface area contributed by atoms with Gasteiger partial charge in [-0.15, -0.1) is 11.8 Å². The number of rotatable bonds is 5. The van der Waals surface area contributed by atoms with Crippen LogP contribution in [0.5, 0.6) is 0 Å². The van der Waals surface area contributed by atoms with Crippen molar-refractivity contribution >= 4 is 23.4 Å². The number of hydrogen-bond donors (Lipinski definition) is 1. The molecule has 0 spiro atoms. The molecule has 0 aliphatic carbocycles. The molecule has 0 saturated carbocycles. The molecule has 2 aromatic carbocycles. The summed E-state index contributed by atoms with van der Waals surface area (Å²) in [6.45, 7) is 0. The fourth-order valence-electron chi connectivity index (χ4n) is 1.68. The maximum atomic E-state index is 13.0. The predicted molar refractivity (Wildman–Crippen MR) is 81.5 cm³/mol. The van der Waals surface area contributed by atoms with Crippen LogP contribution in [0.25, 0.3) is 0 Å². The number of nitrogens with one attached hydrogen (secondary N) is 1. The van der Waals surface area contributed by atoms with E-state index in [0.29, 0.717) is 21.9 Å². The molecule has 1 amide bonds. The van der Waals surface area contributed by atoms with Crippen LogP contribution in [0.1, 0.15) is 12.0 Å². The second kappa shape index (κ2) is 7.57. The largest absolute Gasteiger partial charge is 0.326 e. The van der Waals surface area contributed by atoms with Gasteiger partial charge in [0.1, 0.15) is 0 Å². The van der Waals surface area contributed by atoms with Gasteiger partial charge in [-0.1, -0.05) is 0 Å². The summed E-state index contributed by atoms with van der Waals surface area (Å²) >= 11 is 1.28. The van der Waals surface area contributed by atoms with Crippen molar-refractivity contribution in [2.75, 3.05) is 11.1 Å². The number of nitrogens with zero attached hydrogens (tertiary/aromatic N) is 1. The molecule has 2 aromatic rings. The fraction of sp³-hybridized carbons (Fsp3) is 0.125. The highest BCUT2D eigenvalue weighted by Crippen LogP contribution is 2.21. The molecular formula is C16H12F2N2OS. The molecule has 0 aliphatic rings. The van der Waals surface area contributed by atoms with Crippen LogP contribution in [-0.4, -0.2) is 11.7 Å². The summed E-state index contributed by atoms with van der Waals surface area (Å²) in [7, 11) is 0. The lowest BCUT2D eigenvalue weighted by molar-refractivity contribution is -0.115. The normalized spacial score (nSPS) is 10.0. The van der Waals surface area contributed by atoms with Gasteiger partial charge >= 0.3 is 0 Å². The highest BCUT2D eigenvalue weighted by atomic mass is 32.2. The van der Waals surface area contributed by atoms with Gasteiger partial charge in [-0.25, -0.2) is 8.78 Å². The molecule has 0 fully saturated rings. The van der Waals surface area contributed by atoms with E-state index in [4.69, 9.17) is 5.26 Å². The minimum Gasteiger partial charge on any atom is -0.326 e. The lowest BCUT2D eigenvalue weighted by atomic mass is 10.2. The third kappa shape index (κ3) is 4.57. The van der Waals surface area contributed by atoms with Crippen LogP contribution in [0.3, 0.4) is 0 Å². The zero-order chi connectivity index (χ0) is 15.9. The molecule has 0 aliphatic heterocycles. The molecule has 0 unspecified atom stereocenters. The van der Waals surface area contributed by atoms with E-state index < -0.39 is 11.6 Å². The summed E-state index contributed by atoms with van der Waals surface area (Å²) < 4.78 is 25.8. The standard InChI is InChI=1S/C16H12F2N2OS/c17-14-6-5-13(9-15(14)18)22-8-7-16(21)20-12-3-1-11(10-19)2-4-12/h1-6,9H,7-8H2,(H,20,21). The Kier molecular flexibility index (Phi) is 5.50. The molecule has 112 valence electrons. The first-order valence-electron chi connectivity index (χ1n) is 6.46. The second-order valence-corrected chi connectivity index (χ2v) is 5.58. The van der Waals surface area contributed by atoms with Crippen LogP contribution in [0.2, 0.25) is 0 Å². The van der Waals surface area contributed by atoms with Crippen molar-refractivity contribution in [2.45, 2.75) is 11.3 Å². The highest BCUT2D eigenvalue weighted by Gasteiger charge is 2.06. The summed E-state index contributed by atoms with van der Waals surface area (Å²) in [6.07, 6.45) is 0.240. The third-order valence-corrected chi connectivity index (χ3v) is 3.78. The Morgan fingerprint density at radius 1 is 1.14 bits per heavy atom. The van der Waals surface area contributed by atoms with Gasteiger partial charge in [-0.2, -0.15) is 5.26 Å². The minimum atomic E-state index is -0.896. The van der Waals surface area contributed by atoms with E-state index in [1.54, 1.807) is 24.3 Å². The van der Waals surface area contributed by atoms with Gasteiger partial charge in [-0.05, 0) is 42.5 Å². The Morgan fingerprint density at radius 3 is 2.50 bits per heavy atom. The first-order valence-corrected chi connectivity index (χ1v) is 7.45. The molecule has 0 saturated heterocycles. The average molecular weight is 318 g/mol. The molecule has 0 aromatic heterocycles. The van der Waals surface area contributed by atoms with Crippen LogP contribution in [0.4, 0.5) is 14.5 Å². The van der Waals surface area contributed by atoms with E-state index in [9.17, 15) is 13.6 Å². The number of thioether (sulfide) groups is 1. The summed E-state index contributed by atoms with van der Waals surface area (Å²) in [6, 6.07) is 12.2. The van der Waals surface area contributed by atoms with Crippen molar-refractivity contribution in [3.05, 3.63) is 59.7 Å². The van der Waals surface area contributed by atoms with Crippen molar-refractivity contribution in [3.8, 4) is 6.07 Å². The van der Waals surface area contributed by atoms with Gasteiger partial charge < -0.3 is 5.32 Å². The topological polar surface area (TPSA) is 52.9 Å². The SMILES string of the molecule is N#Cc1ccc(NC(=O)CCSc2ccc(F)c(F)c2)cc1. The third-order valence-electron chi connectivity index (χ3n) is 2.79. The van der Waals surface area contributed by atoms with Crippen molar-refractivity contribution in [1.82, 2.24) is 0 Å². The van der Waals surface area contributed by atoms with Crippen molar-refractivity contribution in [3.63, 3.8) is 0 Å². The van der Waals surface area contributed by atoms with Crippen LogP contribution < -0.4 is 5.32 Å². The van der Waals surface area contributed by atoms with Gasteiger partial charge in [0.15, 0.2) is 11.6 Å². The number of benzene rings is 2. The first kappa shape index (κ1) is 16.0. The molecule has 6 heteroatoms. The minimum absolute atomic E-state index is 0.181. The maximum Gasteiger partial charge on any atom is 0.225 e. The number of hydrogen-bond acceptors (Lipinski definition) is 3. The average Bonchev–Trinajstić information content (AvgIpc) is 2.51. The first-order chi connectivity index (χ1) is 10.6. The summed E-state index contributed by atoms with van der Waals surface area (Å²) in [4.78, 5) is 12.3. The van der Waals surface area contributed by atoms with Crippen LogP contribution in [0.15, 0.2) is 47.4 Å². The van der Waals surface area contributed by atoms with E-state index in [0.717, 1.165) is 12.1 Å². The highest BCUT2D eigenvalue weighted by molar-refractivity contribution is 7.99. The van der Waals surface area contributed by atoms with E-state index >= 15 is 0 Å². The number of carbonyl (C=O) groups is 1. The molecule has 2 rings (SSSR count). The van der Waals surface area contributed by atoms with Crippen molar-refractivity contribution in [1.29, 1.82) is 5.26 Å². The molecule has 0 heterocycles. The Labute approximate surface area is 131 Å². The lowest BCUT2D eigenvalue weighted by Crippen LogP contribution is -2.12. The molecule has 1 N–H and O–H groups in total. The molecule has 0 bridgehead atoms. The summed E-state index contributed by atoms with van der Waals surface area (Å²) in [5.74, 6) is -1.51. The predicted octanol–water partition coefficient (Wildman–Crippen LogP) is 3.96. The van der Waals surface area contributed by atoms with Gasteiger partial charge in [0.2, 0.25) is 5.91 Å². The van der Waals surface area contributed by atoms with Crippen molar-refractivity contribution < 1.29 is 13.6 Å². The van der Waals surface area contributed by atoms with Crippen LogP contribution in [-0.2, 0) is 4.79 Å². The Bertz CT molecular complexity index is 711. The monoisotopic (exact) mass is 318 g/mol. The van der Waals surface area contributed by atoms with E-state index in [1.807, 2.05) is 6.07 Å². The molecular weight excluding hydrogens is 306 g/mol. The number of carbonyl (C=O) groups excluding carboxylic acids is 1. The van der Waals surface area contributed by atoms with Gasteiger partial charge in [-0.3, -0.25) is 4.79 Å². The zero-order valence-electron chi connectivity index (χ0n) is 11.5. The van der Waals surface area contributed by atoms with Crippen LogP contribution >= 0.6 is 11.8 Å². The van der Waals surface area contributed by atoms with Gasteiger partial charge in [0, 0.05) is 22.8 Å². The maximum absolute atomic E-state index is 13.0. The van der Waals surface area contributed by atoms with E-state index in [2.05, 4.69) is 5.32 Å².